The highest BCUT2D eigenvalue weighted by Gasteiger charge is 2.06. The molecule has 0 spiro atoms. The largest absolute Gasteiger partial charge is 0.385 e. The van der Waals surface area contributed by atoms with Gasteiger partial charge in [0, 0.05) is 6.04 Å². The smallest absolute Gasteiger partial charge is 0.130 e. The Morgan fingerprint density at radius 2 is 1.75 bits per heavy atom. The second kappa shape index (κ2) is 7.83. The van der Waals surface area contributed by atoms with Crippen molar-refractivity contribution in [2.75, 3.05) is 6.26 Å². The van der Waals surface area contributed by atoms with Crippen LogP contribution in [0.1, 0.15) is 32.1 Å². The average molecular weight is 206 g/mol. The molecule has 0 atom stereocenters. The van der Waals surface area contributed by atoms with Gasteiger partial charge in [-0.3, -0.25) is 0 Å². The summed E-state index contributed by atoms with van der Waals surface area (Å²) in [5, 5.41) is 0. The lowest BCUT2D eigenvalue weighted by Crippen LogP contribution is -2.22. The Balaban J connectivity index is 0.000000217. The van der Waals surface area contributed by atoms with Crippen LogP contribution < -0.4 is 11.5 Å². The van der Waals surface area contributed by atoms with Crippen LogP contribution in [0.4, 0.5) is 0 Å². The maximum Gasteiger partial charge on any atom is 0.130 e. The van der Waals surface area contributed by atoms with Gasteiger partial charge in [-0.25, -0.2) is 0 Å². The highest BCUT2D eigenvalue weighted by atomic mass is 32.2. The minimum atomic E-state index is 0.505. The molecule has 0 aliphatic heterocycles. The SMILES string of the molecule is CSC(N)=S.NC1CCCCC1. The molecule has 0 heterocycles. The lowest BCUT2D eigenvalue weighted by Gasteiger charge is -2.15. The summed E-state index contributed by atoms with van der Waals surface area (Å²) < 4.78 is 0.505. The van der Waals surface area contributed by atoms with E-state index < -0.39 is 0 Å². The van der Waals surface area contributed by atoms with Crippen molar-refractivity contribution >= 4 is 28.3 Å². The molecule has 4 heteroatoms. The molecule has 1 saturated carbocycles. The first-order valence-electron chi connectivity index (χ1n) is 4.26. The molecule has 0 aromatic heterocycles. The topological polar surface area (TPSA) is 52.0 Å². The third-order valence-electron chi connectivity index (χ3n) is 1.85. The van der Waals surface area contributed by atoms with E-state index in [1.54, 1.807) is 0 Å². The molecule has 12 heavy (non-hydrogen) atoms. The molecule has 0 bridgehead atoms. The van der Waals surface area contributed by atoms with Crippen molar-refractivity contribution < 1.29 is 0 Å². The van der Waals surface area contributed by atoms with Crippen LogP contribution in [0.3, 0.4) is 0 Å². The van der Waals surface area contributed by atoms with Crippen LogP contribution in [0.2, 0.25) is 0 Å². The van der Waals surface area contributed by atoms with Gasteiger partial charge in [0.25, 0.3) is 0 Å². The summed E-state index contributed by atoms with van der Waals surface area (Å²) in [7, 11) is 0. The van der Waals surface area contributed by atoms with E-state index in [2.05, 4.69) is 12.2 Å². The van der Waals surface area contributed by atoms with Crippen LogP contribution in [-0.2, 0) is 0 Å². The van der Waals surface area contributed by atoms with Gasteiger partial charge in [-0.1, -0.05) is 31.5 Å². The van der Waals surface area contributed by atoms with Crippen LogP contribution >= 0.6 is 24.0 Å². The minimum absolute atomic E-state index is 0.505. The van der Waals surface area contributed by atoms with Crippen molar-refractivity contribution in [3.8, 4) is 0 Å². The van der Waals surface area contributed by atoms with Crippen molar-refractivity contribution in [1.29, 1.82) is 0 Å². The predicted octanol–water partition coefficient (Wildman–Crippen LogP) is 1.87. The van der Waals surface area contributed by atoms with E-state index in [4.69, 9.17) is 11.5 Å². The molecule has 0 radical (unpaired) electrons. The minimum Gasteiger partial charge on any atom is -0.385 e. The highest BCUT2D eigenvalue weighted by Crippen LogP contribution is 2.14. The molecule has 2 nitrogen and oxygen atoms in total. The molecule has 1 aliphatic carbocycles. The first-order valence-corrected chi connectivity index (χ1v) is 5.89. The molecule has 1 fully saturated rings. The van der Waals surface area contributed by atoms with Crippen LogP contribution in [0.25, 0.3) is 0 Å². The molecular weight excluding hydrogens is 188 g/mol. The van der Waals surface area contributed by atoms with E-state index in [0.29, 0.717) is 10.4 Å². The molecule has 0 aromatic rings. The van der Waals surface area contributed by atoms with E-state index in [1.807, 2.05) is 6.26 Å². The highest BCUT2D eigenvalue weighted by molar-refractivity contribution is 8.22. The molecule has 0 unspecified atom stereocenters. The second-order valence-electron chi connectivity index (χ2n) is 2.92. The van der Waals surface area contributed by atoms with Gasteiger partial charge in [0.15, 0.2) is 0 Å². The van der Waals surface area contributed by atoms with Crippen molar-refractivity contribution in [3.05, 3.63) is 0 Å². The summed E-state index contributed by atoms with van der Waals surface area (Å²) in [6, 6.07) is 0.536. The number of hydrogen-bond donors (Lipinski definition) is 2. The van der Waals surface area contributed by atoms with Gasteiger partial charge < -0.3 is 11.5 Å². The van der Waals surface area contributed by atoms with Gasteiger partial charge in [-0.05, 0) is 19.1 Å². The summed E-state index contributed by atoms with van der Waals surface area (Å²) in [6.07, 6.45) is 8.51. The Hall–Kier alpha value is 0.200. The van der Waals surface area contributed by atoms with Gasteiger partial charge in [0.2, 0.25) is 0 Å². The molecule has 72 valence electrons. The molecular formula is C8H18N2S2. The van der Waals surface area contributed by atoms with Crippen molar-refractivity contribution in [2.45, 2.75) is 38.1 Å². The van der Waals surface area contributed by atoms with E-state index in [0.717, 1.165) is 0 Å². The second-order valence-corrected chi connectivity index (χ2v) is 4.47. The number of rotatable bonds is 0. The zero-order valence-electron chi connectivity index (χ0n) is 7.58. The van der Waals surface area contributed by atoms with E-state index in [1.165, 1.54) is 43.9 Å². The third-order valence-corrected chi connectivity index (χ3v) is 2.75. The third kappa shape index (κ3) is 8.30. The predicted molar refractivity (Wildman–Crippen MR) is 61.4 cm³/mol. The fourth-order valence-corrected chi connectivity index (χ4v) is 1.13. The maximum atomic E-state index is 5.63. The van der Waals surface area contributed by atoms with Gasteiger partial charge in [0.1, 0.15) is 4.32 Å². The number of nitrogens with two attached hydrogens (primary N) is 2. The van der Waals surface area contributed by atoms with Gasteiger partial charge in [-0.2, -0.15) is 0 Å². The van der Waals surface area contributed by atoms with Crippen molar-refractivity contribution in [2.24, 2.45) is 11.5 Å². The quantitative estimate of drug-likeness (QED) is 0.594. The average Bonchev–Trinajstić information content (AvgIpc) is 2.07. The Labute approximate surface area is 84.5 Å². The first-order chi connectivity index (χ1) is 5.66. The van der Waals surface area contributed by atoms with Crippen LogP contribution in [0, 0.1) is 0 Å². The van der Waals surface area contributed by atoms with Crippen molar-refractivity contribution in [1.82, 2.24) is 0 Å². The summed E-state index contributed by atoms with van der Waals surface area (Å²) in [4.78, 5) is 0. The van der Waals surface area contributed by atoms with Crippen LogP contribution in [0.15, 0.2) is 0 Å². The Kier molecular flexibility index (Phi) is 7.96. The normalized spacial score (nSPS) is 17.8. The monoisotopic (exact) mass is 206 g/mol. The molecule has 0 aromatic carbocycles. The maximum absolute atomic E-state index is 5.63. The van der Waals surface area contributed by atoms with Crippen molar-refractivity contribution in [3.63, 3.8) is 0 Å². The fraction of sp³-hybridized carbons (Fsp3) is 0.875. The Morgan fingerprint density at radius 1 is 1.33 bits per heavy atom. The standard InChI is InChI=1S/C6H13N.C2H5NS2/c7-6-4-2-1-3-5-6;1-5-2(3)4/h6H,1-5,7H2;1H3,(H2,3,4). The fourth-order valence-electron chi connectivity index (χ4n) is 1.13. The summed E-state index contributed by atoms with van der Waals surface area (Å²) in [5.41, 5.74) is 10.6. The molecule has 1 rings (SSSR count). The van der Waals surface area contributed by atoms with Gasteiger partial charge >= 0.3 is 0 Å². The molecule has 0 amide bonds. The van der Waals surface area contributed by atoms with E-state index in [-0.39, 0.29) is 0 Å². The van der Waals surface area contributed by atoms with Crippen LogP contribution in [0.5, 0.6) is 0 Å². The van der Waals surface area contributed by atoms with E-state index >= 15 is 0 Å². The summed E-state index contributed by atoms with van der Waals surface area (Å²) >= 11 is 5.83. The summed E-state index contributed by atoms with van der Waals surface area (Å²) in [5.74, 6) is 0. The number of thiocarbonyl (C=S) groups is 1. The first kappa shape index (κ1) is 12.2. The summed E-state index contributed by atoms with van der Waals surface area (Å²) in [6.45, 7) is 0. The number of hydrogen-bond acceptors (Lipinski definition) is 3. The zero-order valence-corrected chi connectivity index (χ0v) is 9.22. The number of thioether (sulfide) groups is 1. The lowest BCUT2D eigenvalue weighted by atomic mass is 9.97. The van der Waals surface area contributed by atoms with Gasteiger partial charge in [-0.15, -0.1) is 11.8 Å². The Morgan fingerprint density at radius 3 is 1.92 bits per heavy atom. The molecule has 1 aliphatic rings. The molecule has 0 saturated heterocycles. The molecule has 4 N–H and O–H groups in total. The Bertz CT molecular complexity index is 122. The van der Waals surface area contributed by atoms with Crippen LogP contribution in [-0.4, -0.2) is 16.6 Å². The zero-order chi connectivity index (χ0) is 9.40. The van der Waals surface area contributed by atoms with E-state index in [9.17, 15) is 0 Å². The lowest BCUT2D eigenvalue weighted by molar-refractivity contribution is 0.441. The van der Waals surface area contributed by atoms with Gasteiger partial charge in [0.05, 0.1) is 0 Å².